The molecule has 7 nitrogen and oxygen atoms in total. The summed E-state index contributed by atoms with van der Waals surface area (Å²) in [6, 6.07) is 10.1. The number of oxazole rings is 1. The minimum absolute atomic E-state index is 0.200. The molecule has 0 spiro atoms. The number of carbonyl (C=O) groups excluding carboxylic acids is 1. The van der Waals surface area contributed by atoms with Gasteiger partial charge in [-0.1, -0.05) is 30.4 Å². The number of methoxy groups -OCH3 is 1. The highest BCUT2D eigenvalue weighted by Crippen LogP contribution is 2.39. The highest BCUT2D eigenvalue weighted by molar-refractivity contribution is 5.81. The maximum Gasteiger partial charge on any atom is 0.311 e. The molecule has 0 bridgehead atoms. The fourth-order valence-corrected chi connectivity index (χ4v) is 5.11. The molecule has 0 amide bonds. The maximum absolute atomic E-state index is 12.3. The first-order valence-electron chi connectivity index (χ1n) is 13.4. The van der Waals surface area contributed by atoms with Gasteiger partial charge in [0.05, 0.1) is 30.4 Å². The van der Waals surface area contributed by atoms with Crippen LogP contribution < -0.4 is 9.64 Å². The molecule has 0 N–H and O–H groups in total. The quantitative estimate of drug-likeness (QED) is 0.296. The van der Waals surface area contributed by atoms with E-state index in [0.717, 1.165) is 53.5 Å². The minimum atomic E-state index is -0.591. The Bertz CT molecular complexity index is 1430. The first kappa shape index (κ1) is 26.5. The molecule has 0 saturated carbocycles. The van der Waals surface area contributed by atoms with Crippen molar-refractivity contribution in [1.82, 2.24) is 9.97 Å². The molecule has 0 fully saturated rings. The molecule has 202 valence electrons. The van der Waals surface area contributed by atoms with Gasteiger partial charge < -0.3 is 18.8 Å². The average Bonchev–Trinajstić information content (AvgIpc) is 3.33. The van der Waals surface area contributed by atoms with Crippen molar-refractivity contribution in [2.24, 2.45) is 5.41 Å². The number of allylic oxidation sites excluding steroid dienone is 4. The van der Waals surface area contributed by atoms with Crippen LogP contribution in [0.3, 0.4) is 0 Å². The number of aromatic nitrogens is 2. The Morgan fingerprint density at radius 1 is 1.18 bits per heavy atom. The van der Waals surface area contributed by atoms with Crippen molar-refractivity contribution in [2.75, 3.05) is 25.2 Å². The zero-order valence-electron chi connectivity index (χ0n) is 23.1. The number of pyridine rings is 1. The molecule has 1 aliphatic carbocycles. The topological polar surface area (TPSA) is 77.7 Å². The molecule has 0 saturated heterocycles. The first-order chi connectivity index (χ1) is 18.9. The number of hydrogen-bond acceptors (Lipinski definition) is 7. The first-order valence-corrected chi connectivity index (χ1v) is 13.4. The summed E-state index contributed by atoms with van der Waals surface area (Å²) in [5.41, 5.74) is 4.65. The Kier molecular flexibility index (Phi) is 7.68. The largest absolute Gasteiger partial charge is 0.493 e. The molecule has 0 atom stereocenters. The summed E-state index contributed by atoms with van der Waals surface area (Å²) >= 11 is 0. The number of anilines is 1. The van der Waals surface area contributed by atoms with E-state index >= 15 is 0 Å². The summed E-state index contributed by atoms with van der Waals surface area (Å²) < 4.78 is 17.3. The van der Waals surface area contributed by atoms with Crippen molar-refractivity contribution in [3.63, 3.8) is 0 Å². The highest BCUT2D eigenvalue weighted by atomic mass is 16.5. The number of ether oxygens (including phenoxy) is 2. The van der Waals surface area contributed by atoms with Crippen LogP contribution in [-0.4, -0.2) is 36.2 Å². The summed E-state index contributed by atoms with van der Waals surface area (Å²) in [6.45, 7) is 7.08. The van der Waals surface area contributed by atoms with E-state index in [1.54, 1.807) is 6.20 Å². The molecule has 7 heteroatoms. The number of aryl methyl sites for hydroxylation is 1. The Hall–Kier alpha value is -4.13. The lowest BCUT2D eigenvalue weighted by atomic mass is 9.79. The van der Waals surface area contributed by atoms with Crippen LogP contribution in [0, 0.1) is 12.3 Å². The van der Waals surface area contributed by atoms with Crippen molar-refractivity contribution >= 4 is 17.4 Å². The summed E-state index contributed by atoms with van der Waals surface area (Å²) in [6.07, 6.45) is 15.3. The highest BCUT2D eigenvalue weighted by Gasteiger charge is 2.31. The van der Waals surface area contributed by atoms with Gasteiger partial charge in [0.2, 0.25) is 5.89 Å². The predicted molar refractivity (Wildman–Crippen MR) is 152 cm³/mol. The van der Waals surface area contributed by atoms with Crippen LogP contribution in [0.2, 0.25) is 0 Å². The van der Waals surface area contributed by atoms with Crippen LogP contribution in [0.25, 0.3) is 17.0 Å². The molecule has 1 aliphatic heterocycles. The summed E-state index contributed by atoms with van der Waals surface area (Å²) in [5, 5.41) is 0. The van der Waals surface area contributed by atoms with E-state index in [9.17, 15) is 4.79 Å². The van der Waals surface area contributed by atoms with Crippen LogP contribution in [0.5, 0.6) is 5.75 Å². The van der Waals surface area contributed by atoms with Crippen molar-refractivity contribution < 1.29 is 18.7 Å². The second kappa shape index (κ2) is 11.3. The van der Waals surface area contributed by atoms with E-state index in [4.69, 9.17) is 18.9 Å². The van der Waals surface area contributed by atoms with Crippen molar-refractivity contribution in [2.45, 2.75) is 46.5 Å². The van der Waals surface area contributed by atoms with Gasteiger partial charge in [0.25, 0.3) is 0 Å². The van der Waals surface area contributed by atoms with E-state index in [-0.39, 0.29) is 5.97 Å². The molecule has 1 aromatic carbocycles. The van der Waals surface area contributed by atoms with E-state index in [1.807, 2.05) is 63.4 Å². The summed E-state index contributed by atoms with van der Waals surface area (Å²) in [5.74, 6) is 2.92. The smallest absolute Gasteiger partial charge is 0.311 e. The van der Waals surface area contributed by atoms with Crippen LogP contribution in [-0.2, 0) is 22.4 Å². The number of hydrogen-bond donors (Lipinski definition) is 0. The number of esters is 1. The Morgan fingerprint density at radius 2 is 2.05 bits per heavy atom. The molecular weight excluding hydrogens is 490 g/mol. The van der Waals surface area contributed by atoms with Gasteiger partial charge in [0.1, 0.15) is 17.3 Å². The Morgan fingerprint density at radius 3 is 2.79 bits per heavy atom. The fourth-order valence-electron chi connectivity index (χ4n) is 5.11. The normalized spacial score (nSPS) is 14.7. The van der Waals surface area contributed by atoms with Crippen LogP contribution in [0.1, 0.15) is 49.3 Å². The number of nitrogens with zero attached hydrogens (tertiary/aromatic N) is 3. The fraction of sp³-hybridized carbons (Fsp3) is 0.344. The van der Waals surface area contributed by atoms with Crippen molar-refractivity contribution in [3.8, 4) is 17.2 Å². The third-order valence-corrected chi connectivity index (χ3v) is 7.23. The van der Waals surface area contributed by atoms with Gasteiger partial charge in [0.15, 0.2) is 0 Å². The van der Waals surface area contributed by atoms with E-state index < -0.39 is 5.41 Å². The van der Waals surface area contributed by atoms with Gasteiger partial charge in [0, 0.05) is 30.9 Å². The van der Waals surface area contributed by atoms with Gasteiger partial charge in [-0.2, -0.15) is 0 Å². The molecule has 0 unspecified atom stereocenters. The van der Waals surface area contributed by atoms with Gasteiger partial charge in [-0.25, -0.2) is 9.97 Å². The van der Waals surface area contributed by atoms with E-state index in [2.05, 4.69) is 28.1 Å². The van der Waals surface area contributed by atoms with Gasteiger partial charge in [-0.3, -0.25) is 4.79 Å². The number of carbonyl (C=O) groups is 1. The van der Waals surface area contributed by atoms with Crippen LogP contribution in [0.4, 0.5) is 5.82 Å². The second-order valence-electron chi connectivity index (χ2n) is 10.6. The SMILES string of the molecule is COC(=O)C(C)(C)CC1=CCCc2c(OCCc3nc(-c4ccc(N5C=CC=CC5)nc4)oc3C)cccc21. The lowest BCUT2D eigenvalue weighted by Gasteiger charge is -2.27. The number of fused-ring (bicyclic) bond motifs is 1. The van der Waals surface area contributed by atoms with Gasteiger partial charge in [-0.15, -0.1) is 0 Å². The van der Waals surface area contributed by atoms with Crippen molar-refractivity contribution in [1.29, 1.82) is 0 Å². The standard InChI is InChI=1S/C32H35N3O4/c1-22-27(34-30(39-22)24-14-15-29(33-21-24)35-17-6-5-7-18-35)16-19-38-28-13-9-11-25-23(10-8-12-26(25)28)20-32(2,3)31(36)37-4/h5-7,9-11,13-15,17,21H,8,12,16,18-20H2,1-4H3. The predicted octanol–water partition coefficient (Wildman–Crippen LogP) is 6.48. The summed E-state index contributed by atoms with van der Waals surface area (Å²) in [4.78, 5) is 23.7. The minimum Gasteiger partial charge on any atom is -0.493 e. The molecule has 0 radical (unpaired) electrons. The van der Waals surface area contributed by atoms with Crippen LogP contribution >= 0.6 is 0 Å². The number of benzene rings is 1. The molecule has 2 aliphatic rings. The molecule has 3 aromatic rings. The lowest BCUT2D eigenvalue weighted by Crippen LogP contribution is -2.26. The van der Waals surface area contributed by atoms with Gasteiger partial charge in [-0.05, 0) is 75.4 Å². The van der Waals surface area contributed by atoms with E-state index in [1.165, 1.54) is 18.2 Å². The monoisotopic (exact) mass is 525 g/mol. The molecule has 39 heavy (non-hydrogen) atoms. The third-order valence-electron chi connectivity index (χ3n) is 7.23. The zero-order chi connectivity index (χ0) is 27.4. The van der Waals surface area contributed by atoms with Crippen LogP contribution in [0.15, 0.2) is 71.4 Å². The maximum atomic E-state index is 12.3. The molecule has 3 heterocycles. The molecular formula is C32H35N3O4. The molecule has 2 aromatic heterocycles. The van der Waals surface area contributed by atoms with Gasteiger partial charge >= 0.3 is 5.97 Å². The Balaban J connectivity index is 1.24. The average molecular weight is 526 g/mol. The van der Waals surface area contributed by atoms with Crippen molar-refractivity contribution in [3.05, 3.63) is 89.6 Å². The second-order valence-corrected chi connectivity index (χ2v) is 10.6. The molecule has 5 rings (SSSR count). The van der Waals surface area contributed by atoms with E-state index in [0.29, 0.717) is 25.3 Å². The zero-order valence-corrected chi connectivity index (χ0v) is 23.1. The Labute approximate surface area is 229 Å². The third kappa shape index (κ3) is 5.82. The summed E-state index contributed by atoms with van der Waals surface area (Å²) in [7, 11) is 1.44. The lowest BCUT2D eigenvalue weighted by molar-refractivity contribution is -0.150. The number of rotatable bonds is 9.